The van der Waals surface area contributed by atoms with E-state index in [1.165, 1.54) is 23.1 Å². The predicted octanol–water partition coefficient (Wildman–Crippen LogP) is 6.83. The van der Waals surface area contributed by atoms with E-state index in [1.54, 1.807) is 23.1 Å². The van der Waals surface area contributed by atoms with Gasteiger partial charge in [-0.3, -0.25) is 14.5 Å². The normalized spacial score (nSPS) is 18.3. The minimum atomic E-state index is -0.684. The fourth-order valence-electron chi connectivity index (χ4n) is 5.13. The third-order valence-electron chi connectivity index (χ3n) is 6.99. The number of carbonyl (C=O) groups excluding carboxylic acids is 2. The summed E-state index contributed by atoms with van der Waals surface area (Å²) in [5.41, 5.74) is 10.1. The van der Waals surface area contributed by atoms with Crippen LogP contribution in [0.1, 0.15) is 43.7 Å². The van der Waals surface area contributed by atoms with E-state index in [1.807, 2.05) is 45.0 Å². The largest absolute Gasteiger partial charge is 0.384 e. The van der Waals surface area contributed by atoms with Crippen molar-refractivity contribution in [2.75, 3.05) is 16.0 Å². The molecule has 41 heavy (non-hydrogen) atoms. The number of anilines is 2. The van der Waals surface area contributed by atoms with Gasteiger partial charge in [0.05, 0.1) is 33.4 Å². The number of para-hydroxylation sites is 1. The van der Waals surface area contributed by atoms with Crippen molar-refractivity contribution in [3.63, 3.8) is 0 Å². The fraction of sp³-hybridized carbons (Fsp3) is 0.276. The van der Waals surface area contributed by atoms with Gasteiger partial charge in [0.2, 0.25) is 11.0 Å². The molecule has 3 aromatic rings. The third-order valence-corrected chi connectivity index (χ3v) is 9.77. The standard InChI is InChI=1S/C29H26Cl2N6O2S2/c1-15-6-4-5-7-20(15)34-23(39)14-40-28-36-35-27(41-28)37-21-11-29(2,3)12-22(38)25(21)24(17(13-32)26(37)33)16-8-9-18(30)19(31)10-16/h4-10,24H,11-12,14,33H2,1-3H3,(H,34,39). The van der Waals surface area contributed by atoms with E-state index in [4.69, 9.17) is 28.9 Å². The topological polar surface area (TPSA) is 125 Å². The highest BCUT2D eigenvalue weighted by atomic mass is 35.5. The number of hydrogen-bond donors (Lipinski definition) is 2. The van der Waals surface area contributed by atoms with Crippen molar-refractivity contribution in [2.45, 2.75) is 43.9 Å². The van der Waals surface area contributed by atoms with Crippen LogP contribution in [0.2, 0.25) is 10.0 Å². The van der Waals surface area contributed by atoms with Crippen molar-refractivity contribution >= 4 is 68.8 Å². The molecular weight excluding hydrogens is 599 g/mol. The number of nitrogens with two attached hydrogens (primary N) is 1. The van der Waals surface area contributed by atoms with Crippen molar-refractivity contribution in [2.24, 2.45) is 11.1 Å². The molecule has 0 fully saturated rings. The lowest BCUT2D eigenvalue weighted by Gasteiger charge is -2.42. The second-order valence-electron chi connectivity index (χ2n) is 10.7. The van der Waals surface area contributed by atoms with Crippen LogP contribution < -0.4 is 16.0 Å². The summed E-state index contributed by atoms with van der Waals surface area (Å²) in [5.74, 6) is -0.602. The van der Waals surface area contributed by atoms with Gasteiger partial charge in [-0.25, -0.2) is 0 Å². The maximum Gasteiger partial charge on any atom is 0.234 e. The lowest BCUT2D eigenvalue weighted by molar-refractivity contribution is -0.118. The van der Waals surface area contributed by atoms with Crippen LogP contribution in [0.4, 0.5) is 10.8 Å². The maximum absolute atomic E-state index is 13.7. The molecule has 2 aromatic carbocycles. The van der Waals surface area contributed by atoms with Gasteiger partial charge in [0.1, 0.15) is 5.82 Å². The van der Waals surface area contributed by atoms with Gasteiger partial charge in [-0.15, -0.1) is 10.2 Å². The Labute approximate surface area is 256 Å². The van der Waals surface area contributed by atoms with Gasteiger partial charge in [-0.05, 0) is 48.1 Å². The van der Waals surface area contributed by atoms with Gasteiger partial charge >= 0.3 is 0 Å². The lowest BCUT2D eigenvalue weighted by atomic mass is 9.69. The summed E-state index contributed by atoms with van der Waals surface area (Å²) in [4.78, 5) is 27.9. The SMILES string of the molecule is Cc1ccccc1NC(=O)CSc1nnc(N2C(N)=C(C#N)C(c3ccc(Cl)c(Cl)c3)C3=C2CC(C)(C)CC3=O)s1. The fourth-order valence-corrected chi connectivity index (χ4v) is 7.12. The van der Waals surface area contributed by atoms with Crippen molar-refractivity contribution in [3.05, 3.63) is 86.3 Å². The Hall–Kier alpha value is -3.36. The maximum atomic E-state index is 13.7. The first-order chi connectivity index (χ1) is 19.5. The van der Waals surface area contributed by atoms with E-state index in [0.717, 1.165) is 11.3 Å². The number of nitrogens with one attached hydrogen (secondary N) is 1. The highest BCUT2D eigenvalue weighted by molar-refractivity contribution is 8.01. The number of amides is 1. The van der Waals surface area contributed by atoms with Crippen molar-refractivity contribution in [1.29, 1.82) is 5.26 Å². The van der Waals surface area contributed by atoms with Crippen LogP contribution in [0.3, 0.4) is 0 Å². The Morgan fingerprint density at radius 2 is 1.98 bits per heavy atom. The van der Waals surface area contributed by atoms with Crippen molar-refractivity contribution in [3.8, 4) is 6.07 Å². The average Bonchev–Trinajstić information content (AvgIpc) is 3.37. The quantitative estimate of drug-likeness (QED) is 0.286. The Morgan fingerprint density at radius 3 is 2.68 bits per heavy atom. The van der Waals surface area contributed by atoms with E-state index in [9.17, 15) is 14.9 Å². The number of aromatic nitrogens is 2. The first kappa shape index (κ1) is 29.1. The summed E-state index contributed by atoms with van der Waals surface area (Å²) in [6, 6.07) is 14.9. The molecule has 12 heteroatoms. The van der Waals surface area contributed by atoms with E-state index in [0.29, 0.717) is 49.2 Å². The number of carbonyl (C=O) groups is 2. The zero-order valence-electron chi connectivity index (χ0n) is 22.5. The molecule has 1 aliphatic heterocycles. The zero-order valence-corrected chi connectivity index (χ0v) is 25.6. The van der Waals surface area contributed by atoms with E-state index >= 15 is 0 Å². The van der Waals surface area contributed by atoms with Gasteiger partial charge in [0.25, 0.3) is 0 Å². The van der Waals surface area contributed by atoms with Crippen LogP contribution in [-0.2, 0) is 9.59 Å². The number of thioether (sulfide) groups is 1. The molecule has 0 saturated heterocycles. The van der Waals surface area contributed by atoms with Gasteiger partial charge in [0.15, 0.2) is 10.1 Å². The highest BCUT2D eigenvalue weighted by Crippen LogP contribution is 2.51. The molecule has 0 bridgehead atoms. The molecule has 1 aromatic heterocycles. The monoisotopic (exact) mass is 624 g/mol. The number of Topliss-reactive ketones (excluding diaryl/α,β-unsaturated/α-hetero) is 1. The third kappa shape index (κ3) is 5.86. The minimum Gasteiger partial charge on any atom is -0.384 e. The van der Waals surface area contributed by atoms with Crippen LogP contribution in [-0.4, -0.2) is 27.6 Å². The summed E-state index contributed by atoms with van der Waals surface area (Å²) >= 11 is 15.0. The molecule has 2 heterocycles. The number of nitrogens with zero attached hydrogens (tertiary/aromatic N) is 4. The predicted molar refractivity (Wildman–Crippen MR) is 164 cm³/mol. The summed E-state index contributed by atoms with van der Waals surface area (Å²) in [6.07, 6.45) is 0.857. The van der Waals surface area contributed by atoms with Crippen LogP contribution in [0.15, 0.2) is 69.5 Å². The Kier molecular flexibility index (Phi) is 8.17. The van der Waals surface area contributed by atoms with Crippen LogP contribution in [0.25, 0.3) is 0 Å². The molecule has 1 unspecified atom stereocenters. The number of allylic oxidation sites excluding steroid dienone is 3. The Bertz CT molecular complexity index is 1670. The highest BCUT2D eigenvalue weighted by Gasteiger charge is 2.45. The van der Waals surface area contributed by atoms with Gasteiger partial charge in [-0.2, -0.15) is 5.26 Å². The van der Waals surface area contributed by atoms with E-state index < -0.39 is 5.92 Å². The van der Waals surface area contributed by atoms with Crippen LogP contribution in [0, 0.1) is 23.7 Å². The Balaban J connectivity index is 1.48. The molecule has 1 aliphatic carbocycles. The number of halogens is 2. The molecule has 3 N–H and O–H groups in total. The molecule has 0 spiro atoms. The molecule has 1 amide bonds. The lowest BCUT2D eigenvalue weighted by Crippen LogP contribution is -2.42. The molecular formula is C29H26Cl2N6O2S2. The smallest absolute Gasteiger partial charge is 0.234 e. The molecule has 0 saturated carbocycles. The van der Waals surface area contributed by atoms with Crippen molar-refractivity contribution < 1.29 is 9.59 Å². The number of rotatable bonds is 6. The van der Waals surface area contributed by atoms with Crippen LogP contribution in [0.5, 0.6) is 0 Å². The summed E-state index contributed by atoms with van der Waals surface area (Å²) in [6.45, 7) is 5.97. The number of ketones is 1. The average molecular weight is 626 g/mol. The second kappa shape index (κ2) is 11.5. The molecule has 2 aliphatic rings. The number of hydrogen-bond acceptors (Lipinski definition) is 9. The number of benzene rings is 2. The van der Waals surface area contributed by atoms with E-state index in [2.05, 4.69) is 21.6 Å². The Morgan fingerprint density at radius 1 is 1.22 bits per heavy atom. The summed E-state index contributed by atoms with van der Waals surface area (Å²) in [5, 5.41) is 22.9. The van der Waals surface area contributed by atoms with Crippen LogP contribution >= 0.6 is 46.3 Å². The first-order valence-corrected chi connectivity index (χ1v) is 15.3. The van der Waals surface area contributed by atoms with E-state index in [-0.39, 0.29) is 34.3 Å². The molecule has 5 rings (SSSR count). The summed E-state index contributed by atoms with van der Waals surface area (Å²) < 4.78 is 0.557. The minimum absolute atomic E-state index is 0.0652. The summed E-state index contributed by atoms with van der Waals surface area (Å²) in [7, 11) is 0. The number of aryl methyl sites for hydroxylation is 1. The first-order valence-electron chi connectivity index (χ1n) is 12.7. The van der Waals surface area contributed by atoms with Gasteiger partial charge < -0.3 is 11.1 Å². The molecule has 0 radical (unpaired) electrons. The molecule has 8 nitrogen and oxygen atoms in total. The molecule has 210 valence electrons. The van der Waals surface area contributed by atoms with Gasteiger partial charge in [-0.1, -0.05) is 84.4 Å². The van der Waals surface area contributed by atoms with Crippen molar-refractivity contribution in [1.82, 2.24) is 10.2 Å². The second-order valence-corrected chi connectivity index (χ2v) is 13.6. The number of nitriles is 1. The van der Waals surface area contributed by atoms with Gasteiger partial charge in [0, 0.05) is 23.4 Å². The molecule has 1 atom stereocenters. The zero-order chi connectivity index (χ0) is 29.5.